The summed E-state index contributed by atoms with van der Waals surface area (Å²) in [6.45, 7) is 4.04. The van der Waals surface area contributed by atoms with Crippen LogP contribution in [0.2, 0.25) is 15.1 Å². The Balaban J connectivity index is 1.63. The maximum atomic E-state index is 12.0. The molecule has 160 valence electrons. The highest BCUT2D eigenvalue weighted by atomic mass is 35.5. The van der Waals surface area contributed by atoms with E-state index in [0.717, 1.165) is 28.2 Å². The highest BCUT2D eigenvalue weighted by Gasteiger charge is 2.14. The van der Waals surface area contributed by atoms with E-state index < -0.39 is 11.8 Å². The number of amides is 2. The van der Waals surface area contributed by atoms with Crippen molar-refractivity contribution in [3.63, 3.8) is 0 Å². The number of nitrogens with one attached hydrogen (secondary N) is 2. The van der Waals surface area contributed by atoms with Gasteiger partial charge in [0.2, 0.25) is 0 Å². The molecule has 3 rings (SSSR count). The molecule has 1 aromatic heterocycles. The number of rotatable bonds is 5. The van der Waals surface area contributed by atoms with E-state index in [1.54, 1.807) is 36.4 Å². The van der Waals surface area contributed by atoms with Gasteiger partial charge in [0.05, 0.1) is 16.9 Å². The maximum absolute atomic E-state index is 12.0. The third kappa shape index (κ3) is 5.67. The van der Waals surface area contributed by atoms with Crippen LogP contribution in [0.15, 0.2) is 53.6 Å². The molecule has 2 aromatic carbocycles. The summed E-state index contributed by atoms with van der Waals surface area (Å²) in [5.74, 6) is -1.65. The SMILES string of the molecule is Cc1cc(/C=N\NC(=O)C(=O)NCc2ccc(Cl)cc2)c(C)n1-c1ccc(Cl)cc1Cl. The molecular formula is C22H19Cl3N4O2. The first-order chi connectivity index (χ1) is 14.8. The molecular weight excluding hydrogens is 459 g/mol. The van der Waals surface area contributed by atoms with Crippen molar-refractivity contribution in [1.82, 2.24) is 15.3 Å². The smallest absolute Gasteiger partial charge is 0.329 e. The fourth-order valence-electron chi connectivity index (χ4n) is 3.03. The molecule has 0 fully saturated rings. The van der Waals surface area contributed by atoms with Crippen LogP contribution in [0.1, 0.15) is 22.5 Å². The molecule has 2 amide bonds. The molecule has 0 atom stereocenters. The van der Waals surface area contributed by atoms with E-state index in [0.29, 0.717) is 15.1 Å². The minimum atomic E-state index is -0.861. The summed E-state index contributed by atoms with van der Waals surface area (Å²) in [4.78, 5) is 23.9. The number of nitrogens with zero attached hydrogens (tertiary/aromatic N) is 2. The van der Waals surface area contributed by atoms with E-state index in [4.69, 9.17) is 34.8 Å². The van der Waals surface area contributed by atoms with Gasteiger partial charge >= 0.3 is 11.8 Å². The normalized spacial score (nSPS) is 11.0. The third-order valence-electron chi connectivity index (χ3n) is 4.56. The standard InChI is InChI=1S/C22H19Cl3N4O2/c1-13-9-16(14(2)29(13)20-8-7-18(24)10-19(20)25)12-27-28-22(31)21(30)26-11-15-3-5-17(23)6-4-15/h3-10,12H,11H2,1-2H3,(H,26,30)(H,28,31)/b27-12-. The zero-order valence-corrected chi connectivity index (χ0v) is 19.0. The van der Waals surface area contributed by atoms with Gasteiger partial charge in [-0.2, -0.15) is 5.10 Å². The van der Waals surface area contributed by atoms with Crippen molar-refractivity contribution < 1.29 is 9.59 Å². The van der Waals surface area contributed by atoms with Crippen molar-refractivity contribution in [2.24, 2.45) is 5.10 Å². The minimum absolute atomic E-state index is 0.205. The molecule has 2 N–H and O–H groups in total. The van der Waals surface area contributed by atoms with Crippen LogP contribution < -0.4 is 10.7 Å². The number of hydrazone groups is 1. The Morgan fingerprint density at radius 2 is 1.65 bits per heavy atom. The average molecular weight is 478 g/mol. The monoisotopic (exact) mass is 476 g/mol. The summed E-state index contributed by atoms with van der Waals surface area (Å²) >= 11 is 18.1. The van der Waals surface area contributed by atoms with Crippen molar-refractivity contribution in [3.05, 3.63) is 86.1 Å². The molecule has 9 heteroatoms. The van der Waals surface area contributed by atoms with Crippen molar-refractivity contribution in [2.45, 2.75) is 20.4 Å². The second-order valence-corrected chi connectivity index (χ2v) is 8.05. The molecule has 0 aliphatic carbocycles. The van der Waals surface area contributed by atoms with Crippen LogP contribution in [-0.2, 0) is 16.1 Å². The van der Waals surface area contributed by atoms with E-state index in [-0.39, 0.29) is 6.54 Å². The zero-order chi connectivity index (χ0) is 22.5. The molecule has 1 heterocycles. The van der Waals surface area contributed by atoms with E-state index in [1.807, 2.05) is 30.5 Å². The lowest BCUT2D eigenvalue weighted by atomic mass is 10.2. The summed E-state index contributed by atoms with van der Waals surface area (Å²) in [5, 5.41) is 8.10. The fourth-order valence-corrected chi connectivity index (χ4v) is 3.65. The van der Waals surface area contributed by atoms with Gasteiger partial charge in [-0.05, 0) is 55.8 Å². The number of carbonyl (C=O) groups is 2. The highest BCUT2D eigenvalue weighted by Crippen LogP contribution is 2.28. The van der Waals surface area contributed by atoms with Crippen molar-refractivity contribution in [2.75, 3.05) is 0 Å². The topological polar surface area (TPSA) is 75.5 Å². The lowest BCUT2D eigenvalue weighted by Gasteiger charge is -2.11. The molecule has 31 heavy (non-hydrogen) atoms. The van der Waals surface area contributed by atoms with E-state index in [1.165, 1.54) is 6.21 Å². The zero-order valence-electron chi connectivity index (χ0n) is 16.7. The number of benzene rings is 2. The molecule has 6 nitrogen and oxygen atoms in total. The number of hydrogen-bond acceptors (Lipinski definition) is 3. The van der Waals surface area contributed by atoms with Crippen LogP contribution in [0.3, 0.4) is 0 Å². The Morgan fingerprint density at radius 1 is 0.968 bits per heavy atom. The van der Waals surface area contributed by atoms with Crippen LogP contribution in [0, 0.1) is 13.8 Å². The Labute approximate surface area is 194 Å². The van der Waals surface area contributed by atoms with Gasteiger partial charge in [0.25, 0.3) is 0 Å². The Hall–Kier alpha value is -2.80. The quantitative estimate of drug-likeness (QED) is 0.314. The summed E-state index contributed by atoms with van der Waals surface area (Å²) in [7, 11) is 0. The third-order valence-corrected chi connectivity index (χ3v) is 5.35. The van der Waals surface area contributed by atoms with Crippen molar-refractivity contribution in [1.29, 1.82) is 0 Å². The van der Waals surface area contributed by atoms with E-state index in [2.05, 4.69) is 15.8 Å². The van der Waals surface area contributed by atoms with E-state index >= 15 is 0 Å². The van der Waals surface area contributed by atoms with Crippen molar-refractivity contribution in [3.8, 4) is 5.69 Å². The Kier molecular flexibility index (Phi) is 7.38. The van der Waals surface area contributed by atoms with Gasteiger partial charge in [-0.3, -0.25) is 9.59 Å². The number of aryl methyl sites for hydroxylation is 1. The van der Waals surface area contributed by atoms with Crippen molar-refractivity contribution >= 4 is 52.8 Å². The first kappa shape index (κ1) is 22.9. The molecule has 0 unspecified atom stereocenters. The Bertz CT molecular complexity index is 1150. The van der Waals surface area contributed by atoms with Crippen LogP contribution in [0.4, 0.5) is 0 Å². The van der Waals surface area contributed by atoms with E-state index in [9.17, 15) is 9.59 Å². The largest absolute Gasteiger partial charge is 0.344 e. The first-order valence-electron chi connectivity index (χ1n) is 9.26. The molecule has 3 aromatic rings. The Morgan fingerprint density at radius 3 is 2.32 bits per heavy atom. The highest BCUT2D eigenvalue weighted by molar-refractivity contribution is 6.36. The average Bonchev–Trinajstić information content (AvgIpc) is 3.00. The van der Waals surface area contributed by atoms with Gasteiger partial charge in [0, 0.05) is 33.5 Å². The summed E-state index contributed by atoms with van der Waals surface area (Å²) in [6.07, 6.45) is 1.48. The van der Waals surface area contributed by atoms with Gasteiger partial charge in [-0.1, -0.05) is 46.9 Å². The molecule has 0 saturated carbocycles. The number of aromatic nitrogens is 1. The molecule has 0 saturated heterocycles. The maximum Gasteiger partial charge on any atom is 0.329 e. The fraction of sp³-hybridized carbons (Fsp3) is 0.136. The van der Waals surface area contributed by atoms with Crippen LogP contribution in [0.25, 0.3) is 5.69 Å². The lowest BCUT2D eigenvalue weighted by molar-refractivity contribution is -0.139. The predicted molar refractivity (Wildman–Crippen MR) is 124 cm³/mol. The second kappa shape index (κ2) is 10.0. The van der Waals surface area contributed by atoms with Gasteiger partial charge in [0.1, 0.15) is 0 Å². The van der Waals surface area contributed by atoms with Gasteiger partial charge < -0.3 is 9.88 Å². The second-order valence-electron chi connectivity index (χ2n) is 6.77. The molecule has 0 aliphatic heterocycles. The minimum Gasteiger partial charge on any atom is -0.344 e. The summed E-state index contributed by atoms with van der Waals surface area (Å²) in [5.41, 5.74) is 6.40. The number of halogens is 3. The predicted octanol–water partition coefficient (Wildman–Crippen LogP) is 4.82. The molecule has 0 bridgehead atoms. The molecule has 0 spiro atoms. The number of hydrogen-bond donors (Lipinski definition) is 2. The number of carbonyl (C=O) groups excluding carboxylic acids is 2. The van der Waals surface area contributed by atoms with Crippen LogP contribution in [0.5, 0.6) is 0 Å². The summed E-state index contributed by atoms with van der Waals surface area (Å²) in [6, 6.07) is 14.1. The molecule has 0 aliphatic rings. The van der Waals surface area contributed by atoms with Gasteiger partial charge in [0.15, 0.2) is 0 Å². The molecule has 0 radical (unpaired) electrons. The first-order valence-corrected chi connectivity index (χ1v) is 10.4. The van der Waals surface area contributed by atoms with Crippen LogP contribution >= 0.6 is 34.8 Å². The lowest BCUT2D eigenvalue weighted by Crippen LogP contribution is -2.37. The summed E-state index contributed by atoms with van der Waals surface area (Å²) < 4.78 is 1.96. The van der Waals surface area contributed by atoms with Gasteiger partial charge in [-0.25, -0.2) is 5.43 Å². The van der Waals surface area contributed by atoms with Crippen LogP contribution in [-0.4, -0.2) is 22.6 Å². The van der Waals surface area contributed by atoms with Gasteiger partial charge in [-0.15, -0.1) is 0 Å².